The second-order valence-electron chi connectivity index (χ2n) is 4.95. The molecule has 116 valence electrons. The van der Waals surface area contributed by atoms with Gasteiger partial charge in [-0.05, 0) is 30.4 Å². The molecule has 1 aliphatic heterocycles. The Hall–Kier alpha value is -1.09. The van der Waals surface area contributed by atoms with E-state index in [4.69, 9.17) is 5.73 Å². The molecule has 1 aliphatic rings. The zero-order chi connectivity index (χ0) is 14.5. The number of hydrogen-bond donors (Lipinski definition) is 2. The van der Waals surface area contributed by atoms with Gasteiger partial charge in [0.2, 0.25) is 5.91 Å². The Balaban J connectivity index is 0.00000220. The molecule has 3 N–H and O–H groups in total. The van der Waals surface area contributed by atoms with E-state index in [0.29, 0.717) is 13.1 Å². The lowest BCUT2D eigenvalue weighted by atomic mass is 10.1. The SMILES string of the molecule is C=C(C)CNC(N)=NCC(=O)N1CCc2sccc2C1.I. The first-order valence-electron chi connectivity index (χ1n) is 6.57. The van der Waals surface area contributed by atoms with E-state index in [0.717, 1.165) is 18.5 Å². The summed E-state index contributed by atoms with van der Waals surface area (Å²) in [6.45, 7) is 7.78. The Bertz CT molecular complexity index is 541. The molecule has 1 aromatic heterocycles. The standard InChI is InChI=1S/C14H20N4OS.HI/c1-10(2)7-16-14(15)17-8-13(19)18-5-3-12-11(9-18)4-6-20-12;/h4,6H,1,3,5,7-9H2,2H3,(H3,15,16,17);1H. The fourth-order valence-electron chi connectivity index (χ4n) is 2.01. The van der Waals surface area contributed by atoms with E-state index in [1.54, 1.807) is 11.3 Å². The Morgan fingerprint density at radius 1 is 1.62 bits per heavy atom. The van der Waals surface area contributed by atoms with E-state index in [-0.39, 0.29) is 42.4 Å². The van der Waals surface area contributed by atoms with Crippen LogP contribution in [0.3, 0.4) is 0 Å². The van der Waals surface area contributed by atoms with Crippen molar-refractivity contribution >= 4 is 47.2 Å². The van der Waals surface area contributed by atoms with Crippen molar-refractivity contribution in [2.45, 2.75) is 19.9 Å². The number of carbonyl (C=O) groups excluding carboxylic acids is 1. The van der Waals surface area contributed by atoms with Gasteiger partial charge in [-0.25, -0.2) is 4.99 Å². The predicted molar refractivity (Wildman–Crippen MR) is 98.2 cm³/mol. The molecule has 0 spiro atoms. The number of guanidine groups is 1. The molecule has 0 bridgehead atoms. The first-order chi connectivity index (χ1) is 9.56. The van der Waals surface area contributed by atoms with Gasteiger partial charge in [0, 0.05) is 24.5 Å². The number of amides is 1. The number of halogens is 1. The van der Waals surface area contributed by atoms with Gasteiger partial charge in [-0.2, -0.15) is 0 Å². The summed E-state index contributed by atoms with van der Waals surface area (Å²) >= 11 is 1.76. The molecule has 1 aromatic rings. The Kier molecular flexibility index (Phi) is 7.16. The minimum atomic E-state index is 0. The molecule has 1 amide bonds. The quantitative estimate of drug-likeness (QED) is 0.338. The molecule has 5 nitrogen and oxygen atoms in total. The minimum Gasteiger partial charge on any atom is -0.370 e. The van der Waals surface area contributed by atoms with Crippen LogP contribution in [-0.4, -0.2) is 36.4 Å². The van der Waals surface area contributed by atoms with Crippen LogP contribution in [0.15, 0.2) is 28.6 Å². The van der Waals surface area contributed by atoms with Crippen molar-refractivity contribution in [3.8, 4) is 0 Å². The third-order valence-corrected chi connectivity index (χ3v) is 4.14. The number of rotatable bonds is 4. The molecule has 0 aromatic carbocycles. The molecule has 0 unspecified atom stereocenters. The summed E-state index contributed by atoms with van der Waals surface area (Å²) in [5, 5.41) is 4.99. The van der Waals surface area contributed by atoms with Gasteiger partial charge in [0.1, 0.15) is 6.54 Å². The summed E-state index contributed by atoms with van der Waals surface area (Å²) in [6, 6.07) is 2.09. The number of nitrogens with two attached hydrogens (primary N) is 1. The van der Waals surface area contributed by atoms with Crippen molar-refractivity contribution in [2.75, 3.05) is 19.6 Å². The highest BCUT2D eigenvalue weighted by atomic mass is 127. The highest BCUT2D eigenvalue weighted by Gasteiger charge is 2.20. The summed E-state index contributed by atoms with van der Waals surface area (Å²) in [7, 11) is 0. The summed E-state index contributed by atoms with van der Waals surface area (Å²) in [4.78, 5) is 19.4. The molecular weight excluding hydrogens is 399 g/mol. The van der Waals surface area contributed by atoms with Crippen molar-refractivity contribution in [3.05, 3.63) is 34.0 Å². The van der Waals surface area contributed by atoms with Gasteiger partial charge in [-0.15, -0.1) is 35.3 Å². The fourth-order valence-corrected chi connectivity index (χ4v) is 2.90. The van der Waals surface area contributed by atoms with Crippen molar-refractivity contribution in [1.29, 1.82) is 0 Å². The van der Waals surface area contributed by atoms with Crippen LogP contribution in [0.2, 0.25) is 0 Å². The van der Waals surface area contributed by atoms with Crippen molar-refractivity contribution in [2.24, 2.45) is 10.7 Å². The lowest BCUT2D eigenvalue weighted by Gasteiger charge is -2.26. The summed E-state index contributed by atoms with van der Waals surface area (Å²) < 4.78 is 0. The van der Waals surface area contributed by atoms with Crippen LogP contribution in [0.1, 0.15) is 17.4 Å². The van der Waals surface area contributed by atoms with Crippen LogP contribution in [0, 0.1) is 0 Å². The van der Waals surface area contributed by atoms with Crippen molar-refractivity contribution in [3.63, 3.8) is 0 Å². The first kappa shape index (κ1) is 18.0. The Morgan fingerprint density at radius 3 is 3.10 bits per heavy atom. The molecule has 2 heterocycles. The van der Waals surface area contributed by atoms with E-state index in [1.807, 2.05) is 11.8 Å². The number of nitrogens with one attached hydrogen (secondary N) is 1. The van der Waals surface area contributed by atoms with Gasteiger partial charge in [-0.1, -0.05) is 12.2 Å². The number of carbonyl (C=O) groups is 1. The van der Waals surface area contributed by atoms with Crippen LogP contribution in [-0.2, 0) is 17.8 Å². The smallest absolute Gasteiger partial charge is 0.244 e. The maximum absolute atomic E-state index is 12.1. The average molecular weight is 420 g/mol. The van der Waals surface area contributed by atoms with Crippen LogP contribution in [0.5, 0.6) is 0 Å². The molecular formula is C14H21IN4OS. The average Bonchev–Trinajstić information content (AvgIpc) is 2.89. The van der Waals surface area contributed by atoms with Gasteiger partial charge in [0.05, 0.1) is 0 Å². The second-order valence-corrected chi connectivity index (χ2v) is 5.95. The number of fused-ring (bicyclic) bond motifs is 1. The molecule has 0 atom stereocenters. The molecule has 0 saturated heterocycles. The minimum absolute atomic E-state index is 0. The zero-order valence-electron chi connectivity index (χ0n) is 12.1. The lowest BCUT2D eigenvalue weighted by molar-refractivity contribution is -0.130. The highest BCUT2D eigenvalue weighted by Crippen LogP contribution is 2.23. The van der Waals surface area contributed by atoms with Gasteiger partial charge < -0.3 is 16.0 Å². The second kappa shape index (κ2) is 8.38. The fraction of sp³-hybridized carbons (Fsp3) is 0.429. The van der Waals surface area contributed by atoms with E-state index < -0.39 is 0 Å². The molecule has 21 heavy (non-hydrogen) atoms. The summed E-state index contributed by atoms with van der Waals surface area (Å²) in [6.07, 6.45) is 0.936. The maximum Gasteiger partial charge on any atom is 0.244 e. The number of thiophene rings is 1. The van der Waals surface area contributed by atoms with Crippen molar-refractivity contribution in [1.82, 2.24) is 10.2 Å². The molecule has 7 heteroatoms. The third kappa shape index (κ3) is 5.31. The monoisotopic (exact) mass is 420 g/mol. The van der Waals surface area contributed by atoms with E-state index in [1.165, 1.54) is 10.4 Å². The predicted octanol–water partition coefficient (Wildman–Crippen LogP) is 1.73. The van der Waals surface area contributed by atoms with Gasteiger partial charge in [-0.3, -0.25) is 4.79 Å². The van der Waals surface area contributed by atoms with Crippen LogP contribution >= 0.6 is 35.3 Å². The molecule has 2 rings (SSSR count). The van der Waals surface area contributed by atoms with Crippen LogP contribution in [0.25, 0.3) is 0 Å². The summed E-state index contributed by atoms with van der Waals surface area (Å²) in [5.74, 6) is 0.302. The molecule has 0 fully saturated rings. The number of aliphatic imine (C=N–C) groups is 1. The van der Waals surface area contributed by atoms with E-state index in [2.05, 4.69) is 28.3 Å². The zero-order valence-corrected chi connectivity index (χ0v) is 15.2. The van der Waals surface area contributed by atoms with Crippen molar-refractivity contribution < 1.29 is 4.79 Å². The Labute approximate surface area is 146 Å². The van der Waals surface area contributed by atoms with Gasteiger partial charge >= 0.3 is 0 Å². The van der Waals surface area contributed by atoms with Crippen LogP contribution in [0.4, 0.5) is 0 Å². The largest absolute Gasteiger partial charge is 0.370 e. The maximum atomic E-state index is 12.1. The first-order valence-corrected chi connectivity index (χ1v) is 7.45. The normalized spacial score (nSPS) is 14.1. The third-order valence-electron chi connectivity index (χ3n) is 3.12. The van der Waals surface area contributed by atoms with Gasteiger partial charge in [0.15, 0.2) is 5.96 Å². The topological polar surface area (TPSA) is 70.7 Å². The Morgan fingerprint density at radius 2 is 2.38 bits per heavy atom. The van der Waals surface area contributed by atoms with E-state index >= 15 is 0 Å². The summed E-state index contributed by atoms with van der Waals surface area (Å²) in [5.41, 5.74) is 7.91. The van der Waals surface area contributed by atoms with Crippen LogP contribution < -0.4 is 11.1 Å². The highest BCUT2D eigenvalue weighted by molar-refractivity contribution is 14.0. The van der Waals surface area contributed by atoms with E-state index in [9.17, 15) is 4.79 Å². The molecule has 0 saturated carbocycles. The molecule has 0 radical (unpaired) electrons. The lowest BCUT2D eigenvalue weighted by Crippen LogP contribution is -2.38. The number of nitrogens with zero attached hydrogens (tertiary/aromatic N) is 2. The van der Waals surface area contributed by atoms with Gasteiger partial charge in [0.25, 0.3) is 0 Å². The molecule has 0 aliphatic carbocycles. The number of hydrogen-bond acceptors (Lipinski definition) is 3.